The number of aryl methyl sites for hydroxylation is 1. The van der Waals surface area contributed by atoms with Gasteiger partial charge in [0.05, 0.1) is 18.7 Å². The molecular formula is C25H29NO4. The Morgan fingerprint density at radius 3 is 2.47 bits per heavy atom. The molecule has 0 bridgehead atoms. The van der Waals surface area contributed by atoms with Crippen LogP contribution in [-0.2, 0) is 9.59 Å². The average molecular weight is 408 g/mol. The zero-order valence-electron chi connectivity index (χ0n) is 17.9. The van der Waals surface area contributed by atoms with Crippen LogP contribution in [0.5, 0.6) is 5.75 Å². The quantitative estimate of drug-likeness (QED) is 0.289. The van der Waals surface area contributed by atoms with E-state index in [9.17, 15) is 14.7 Å². The van der Waals surface area contributed by atoms with Gasteiger partial charge in [-0.2, -0.15) is 0 Å². The number of ketones is 1. The minimum absolute atomic E-state index is 0.132. The van der Waals surface area contributed by atoms with Crippen molar-refractivity contribution >= 4 is 17.4 Å². The zero-order chi connectivity index (χ0) is 21.7. The summed E-state index contributed by atoms with van der Waals surface area (Å²) in [5, 5.41) is 11.0. The molecule has 0 spiro atoms. The number of hydrogen-bond acceptors (Lipinski definition) is 4. The van der Waals surface area contributed by atoms with E-state index in [1.165, 1.54) is 0 Å². The molecule has 1 saturated heterocycles. The van der Waals surface area contributed by atoms with Crippen molar-refractivity contribution in [2.75, 3.05) is 13.7 Å². The normalized spacial score (nSPS) is 18.1. The van der Waals surface area contributed by atoms with E-state index in [2.05, 4.69) is 6.92 Å². The molecule has 5 nitrogen and oxygen atoms in total. The molecule has 1 N–H and O–H groups in total. The molecular weight excluding hydrogens is 378 g/mol. The van der Waals surface area contributed by atoms with E-state index in [0.717, 1.165) is 36.8 Å². The highest BCUT2D eigenvalue weighted by Gasteiger charge is 2.45. The number of Topliss-reactive ketones (excluding diaryl/α,β-unsaturated/α-hetero) is 1. The lowest BCUT2D eigenvalue weighted by molar-refractivity contribution is -0.139. The maximum Gasteiger partial charge on any atom is 0.295 e. The average Bonchev–Trinajstić information content (AvgIpc) is 3.01. The number of amides is 1. The van der Waals surface area contributed by atoms with Crippen molar-refractivity contribution in [3.8, 4) is 5.75 Å². The van der Waals surface area contributed by atoms with Gasteiger partial charge in [-0.05, 0) is 31.0 Å². The lowest BCUT2D eigenvalue weighted by Crippen LogP contribution is -2.30. The van der Waals surface area contributed by atoms with Crippen LogP contribution in [0.3, 0.4) is 0 Å². The number of hydrogen-bond donors (Lipinski definition) is 1. The summed E-state index contributed by atoms with van der Waals surface area (Å²) < 4.78 is 5.34. The molecule has 0 aromatic heterocycles. The Morgan fingerprint density at radius 1 is 1.07 bits per heavy atom. The maximum absolute atomic E-state index is 13.0. The van der Waals surface area contributed by atoms with E-state index in [-0.39, 0.29) is 11.3 Å². The monoisotopic (exact) mass is 407 g/mol. The molecule has 1 amide bonds. The first-order valence-electron chi connectivity index (χ1n) is 10.5. The molecule has 0 unspecified atom stereocenters. The molecule has 5 heteroatoms. The molecule has 0 saturated carbocycles. The summed E-state index contributed by atoms with van der Waals surface area (Å²) in [6, 6.07) is 14.0. The van der Waals surface area contributed by atoms with Crippen LogP contribution in [-0.4, -0.2) is 35.4 Å². The van der Waals surface area contributed by atoms with Gasteiger partial charge in [0.1, 0.15) is 11.5 Å². The maximum atomic E-state index is 13.0. The Kier molecular flexibility index (Phi) is 6.93. The predicted molar refractivity (Wildman–Crippen MR) is 117 cm³/mol. The molecule has 1 heterocycles. The van der Waals surface area contributed by atoms with Crippen molar-refractivity contribution in [3.05, 3.63) is 70.8 Å². The van der Waals surface area contributed by atoms with Crippen LogP contribution >= 0.6 is 0 Å². The molecule has 1 aliphatic heterocycles. The Balaban J connectivity index is 2.08. The van der Waals surface area contributed by atoms with Crippen molar-refractivity contribution in [1.82, 2.24) is 4.90 Å². The third kappa shape index (κ3) is 4.40. The summed E-state index contributed by atoms with van der Waals surface area (Å²) >= 11 is 0. The minimum Gasteiger partial charge on any atom is -0.507 e. The Hall–Kier alpha value is -3.08. The van der Waals surface area contributed by atoms with Gasteiger partial charge in [0.15, 0.2) is 0 Å². The highest BCUT2D eigenvalue weighted by molar-refractivity contribution is 6.46. The van der Waals surface area contributed by atoms with Crippen LogP contribution in [0.2, 0.25) is 0 Å². The molecule has 158 valence electrons. The molecule has 0 aliphatic carbocycles. The number of carbonyl (C=O) groups excluding carboxylic acids is 2. The summed E-state index contributed by atoms with van der Waals surface area (Å²) in [7, 11) is 1.58. The number of nitrogens with zero attached hydrogens (tertiary/aromatic N) is 1. The molecule has 2 aromatic carbocycles. The zero-order valence-corrected chi connectivity index (χ0v) is 17.9. The number of benzene rings is 2. The SMILES string of the molecule is CCCCCCN1C(=O)C(=O)/C(=C(/O)c2ccc(C)cc2)[C@@H]1c1cccc(OC)c1. The minimum atomic E-state index is -0.642. The van der Waals surface area contributed by atoms with E-state index in [1.807, 2.05) is 43.3 Å². The number of aliphatic hydroxyl groups is 1. The largest absolute Gasteiger partial charge is 0.507 e. The van der Waals surface area contributed by atoms with E-state index in [0.29, 0.717) is 17.9 Å². The van der Waals surface area contributed by atoms with E-state index < -0.39 is 17.7 Å². The Bertz CT molecular complexity index is 946. The fourth-order valence-electron chi connectivity index (χ4n) is 3.84. The van der Waals surface area contributed by atoms with Gasteiger partial charge in [0.2, 0.25) is 0 Å². The first-order valence-corrected chi connectivity index (χ1v) is 10.5. The highest BCUT2D eigenvalue weighted by atomic mass is 16.5. The van der Waals surface area contributed by atoms with Gasteiger partial charge in [0.25, 0.3) is 11.7 Å². The molecule has 1 aliphatic rings. The third-order valence-electron chi connectivity index (χ3n) is 5.53. The lowest BCUT2D eigenvalue weighted by Gasteiger charge is -2.25. The fraction of sp³-hybridized carbons (Fsp3) is 0.360. The van der Waals surface area contributed by atoms with Crippen molar-refractivity contribution in [2.45, 2.75) is 45.6 Å². The standard InChI is InChI=1S/C25H29NO4/c1-4-5-6-7-15-26-22(19-9-8-10-20(16-19)30-3)21(24(28)25(26)29)23(27)18-13-11-17(2)12-14-18/h8-14,16,22,27H,4-7,15H2,1-3H3/b23-21+/t22-/m0/s1. The van der Waals surface area contributed by atoms with Crippen molar-refractivity contribution in [2.24, 2.45) is 0 Å². The summed E-state index contributed by atoms with van der Waals surface area (Å²) in [5.74, 6) is -0.707. The predicted octanol–water partition coefficient (Wildman–Crippen LogP) is 5.01. The van der Waals surface area contributed by atoms with Crippen molar-refractivity contribution in [3.63, 3.8) is 0 Å². The van der Waals surface area contributed by atoms with E-state index in [4.69, 9.17) is 4.74 Å². The van der Waals surface area contributed by atoms with Gasteiger partial charge < -0.3 is 14.7 Å². The molecule has 1 atom stereocenters. The van der Waals surface area contributed by atoms with Gasteiger partial charge in [-0.1, -0.05) is 68.1 Å². The topological polar surface area (TPSA) is 66.8 Å². The second-order valence-corrected chi connectivity index (χ2v) is 7.70. The first kappa shape index (κ1) is 21.6. The number of unbranched alkanes of at least 4 members (excludes halogenated alkanes) is 3. The number of rotatable bonds is 8. The van der Waals surface area contributed by atoms with Crippen LogP contribution < -0.4 is 4.74 Å². The first-order chi connectivity index (χ1) is 14.5. The number of methoxy groups -OCH3 is 1. The Morgan fingerprint density at radius 2 is 1.80 bits per heavy atom. The number of carbonyl (C=O) groups is 2. The van der Waals surface area contributed by atoms with Crippen LogP contribution in [0.1, 0.15) is 55.3 Å². The summed E-state index contributed by atoms with van der Waals surface area (Å²) in [4.78, 5) is 27.5. The lowest BCUT2D eigenvalue weighted by atomic mass is 9.95. The summed E-state index contributed by atoms with van der Waals surface area (Å²) in [6.07, 6.45) is 3.97. The van der Waals surface area contributed by atoms with Crippen molar-refractivity contribution < 1.29 is 19.4 Å². The Labute approximate surface area is 178 Å². The fourth-order valence-corrected chi connectivity index (χ4v) is 3.84. The third-order valence-corrected chi connectivity index (χ3v) is 5.53. The second kappa shape index (κ2) is 9.61. The molecule has 3 rings (SSSR count). The van der Waals surface area contributed by atoms with Gasteiger partial charge >= 0.3 is 0 Å². The molecule has 30 heavy (non-hydrogen) atoms. The van der Waals surface area contributed by atoms with Crippen LogP contribution in [0.25, 0.3) is 5.76 Å². The summed E-state index contributed by atoms with van der Waals surface area (Å²) in [5.41, 5.74) is 2.45. The van der Waals surface area contributed by atoms with E-state index >= 15 is 0 Å². The highest BCUT2D eigenvalue weighted by Crippen LogP contribution is 2.40. The molecule has 1 fully saturated rings. The van der Waals surface area contributed by atoms with Gasteiger partial charge in [-0.15, -0.1) is 0 Å². The summed E-state index contributed by atoms with van der Waals surface area (Å²) in [6.45, 7) is 4.55. The number of likely N-dealkylation sites (tertiary alicyclic amines) is 1. The van der Waals surface area contributed by atoms with Crippen LogP contribution in [0.15, 0.2) is 54.1 Å². The van der Waals surface area contributed by atoms with Gasteiger partial charge in [-0.3, -0.25) is 9.59 Å². The number of aliphatic hydroxyl groups excluding tert-OH is 1. The van der Waals surface area contributed by atoms with Gasteiger partial charge in [0, 0.05) is 12.1 Å². The number of ether oxygens (including phenoxy) is 1. The smallest absolute Gasteiger partial charge is 0.295 e. The van der Waals surface area contributed by atoms with E-state index in [1.54, 1.807) is 24.1 Å². The van der Waals surface area contributed by atoms with Crippen LogP contribution in [0.4, 0.5) is 0 Å². The molecule has 2 aromatic rings. The molecule has 0 radical (unpaired) electrons. The van der Waals surface area contributed by atoms with Crippen LogP contribution in [0, 0.1) is 6.92 Å². The van der Waals surface area contributed by atoms with Gasteiger partial charge in [-0.25, -0.2) is 0 Å². The van der Waals surface area contributed by atoms with Crippen molar-refractivity contribution in [1.29, 1.82) is 0 Å². The second-order valence-electron chi connectivity index (χ2n) is 7.70.